The van der Waals surface area contributed by atoms with Crippen molar-refractivity contribution < 1.29 is 38.3 Å². The number of nitrogens with zero attached hydrogens (tertiary/aromatic N) is 2. The van der Waals surface area contributed by atoms with Crippen LogP contribution in [0.3, 0.4) is 0 Å². The van der Waals surface area contributed by atoms with Gasteiger partial charge in [-0.3, -0.25) is 0 Å². The molecule has 64 valence electrons. The third kappa shape index (κ3) is 2.56. The quantitative estimate of drug-likeness (QED) is 0.496. The van der Waals surface area contributed by atoms with Crippen molar-refractivity contribution in [1.29, 1.82) is 10.5 Å². The van der Waals surface area contributed by atoms with Crippen LogP contribution in [0.15, 0.2) is 24.3 Å². The average Bonchev–Trinajstić information content (AvgIpc) is 2.18. The van der Waals surface area contributed by atoms with Gasteiger partial charge >= 0.3 is 36.0 Å². The molecule has 1 aromatic rings. The number of hydrogen-bond acceptors (Lipinski definition) is 2. The van der Waals surface area contributed by atoms with Crippen LogP contribution in [0.5, 0.6) is 0 Å². The first-order chi connectivity index (χ1) is 6.12. The molecular formula is C8H4BF2N2Na. The van der Waals surface area contributed by atoms with Gasteiger partial charge in [-0.2, -0.15) is 0 Å². The van der Waals surface area contributed by atoms with Gasteiger partial charge in [-0.05, 0) is 12.1 Å². The van der Waals surface area contributed by atoms with Gasteiger partial charge in [0.05, 0.1) is 0 Å². The normalized spacial score (nSPS) is 9.43. The molecule has 6 heteroatoms. The van der Waals surface area contributed by atoms with Crippen LogP contribution in [0.1, 0.15) is 0 Å². The van der Waals surface area contributed by atoms with E-state index in [2.05, 4.69) is 0 Å². The SMILES string of the molecule is N#C[B-](F)(C#N)c1ccc(F)cc1.[Na+]. The average molecular weight is 200 g/mol. The Morgan fingerprint density at radius 2 is 1.50 bits per heavy atom. The van der Waals surface area contributed by atoms with Gasteiger partial charge in [-0.25, -0.2) is 14.9 Å². The molecule has 0 spiro atoms. The van der Waals surface area contributed by atoms with Gasteiger partial charge in [0.15, 0.2) is 0 Å². The van der Waals surface area contributed by atoms with Crippen LogP contribution in [0.4, 0.5) is 8.71 Å². The summed E-state index contributed by atoms with van der Waals surface area (Å²) < 4.78 is 25.7. The van der Waals surface area contributed by atoms with Gasteiger partial charge in [0.25, 0.3) is 0 Å². The number of halogens is 2. The van der Waals surface area contributed by atoms with E-state index < -0.39 is 12.2 Å². The Bertz CT molecular complexity index is 379. The molecule has 0 bridgehead atoms. The summed E-state index contributed by atoms with van der Waals surface area (Å²) in [5.41, 5.74) is -0.0913. The van der Waals surface area contributed by atoms with Gasteiger partial charge in [0, 0.05) is 0 Å². The van der Waals surface area contributed by atoms with Crippen molar-refractivity contribution in [3.63, 3.8) is 0 Å². The molecule has 1 rings (SSSR count). The van der Waals surface area contributed by atoms with Crippen molar-refractivity contribution >= 4 is 11.9 Å². The summed E-state index contributed by atoms with van der Waals surface area (Å²) in [5, 5.41) is 16.8. The summed E-state index contributed by atoms with van der Waals surface area (Å²) in [4.78, 5) is 0. The molecule has 0 aromatic heterocycles. The first-order valence-electron chi connectivity index (χ1n) is 3.54. The molecule has 0 N–H and O–H groups in total. The first kappa shape index (κ1) is 13.1. The molecule has 0 saturated carbocycles. The van der Waals surface area contributed by atoms with E-state index in [1.54, 1.807) is 0 Å². The summed E-state index contributed by atoms with van der Waals surface area (Å²) in [5.74, 6) is 2.02. The Morgan fingerprint density at radius 3 is 1.86 bits per heavy atom. The van der Waals surface area contributed by atoms with E-state index in [0.717, 1.165) is 24.3 Å². The molecule has 0 heterocycles. The van der Waals surface area contributed by atoms with Crippen molar-refractivity contribution in [1.82, 2.24) is 0 Å². The van der Waals surface area contributed by atoms with Crippen LogP contribution in [0.25, 0.3) is 0 Å². The Morgan fingerprint density at radius 1 is 1.07 bits per heavy atom. The summed E-state index contributed by atoms with van der Waals surface area (Å²) >= 11 is 0. The Balaban J connectivity index is 0.00000169. The first-order valence-corrected chi connectivity index (χ1v) is 3.54. The molecule has 0 aliphatic heterocycles. The third-order valence-corrected chi connectivity index (χ3v) is 1.69. The standard InChI is InChI=1S/C8H4BF2N2.Na/c10-8-3-1-7(2-4-8)9(11,5-12)6-13;/h1-4H;/q-1;+1. The topological polar surface area (TPSA) is 47.6 Å². The van der Waals surface area contributed by atoms with E-state index in [9.17, 15) is 8.71 Å². The van der Waals surface area contributed by atoms with Crippen LogP contribution in [-0.4, -0.2) is 6.42 Å². The molecule has 1 aromatic carbocycles. The van der Waals surface area contributed by atoms with Crippen LogP contribution in [0.2, 0.25) is 0 Å². The fraction of sp³-hybridized carbons (Fsp3) is 0. The van der Waals surface area contributed by atoms with E-state index in [1.165, 1.54) is 11.9 Å². The minimum absolute atomic E-state index is 0. The van der Waals surface area contributed by atoms with E-state index >= 15 is 0 Å². The molecular weight excluding hydrogens is 196 g/mol. The van der Waals surface area contributed by atoms with Crippen molar-refractivity contribution in [2.24, 2.45) is 0 Å². The monoisotopic (exact) mass is 200 g/mol. The Labute approximate surface area is 102 Å². The van der Waals surface area contributed by atoms with Crippen molar-refractivity contribution in [3.05, 3.63) is 30.1 Å². The van der Waals surface area contributed by atoms with Crippen LogP contribution in [0, 0.1) is 28.3 Å². The zero-order valence-corrected chi connectivity index (χ0v) is 9.54. The zero-order valence-electron chi connectivity index (χ0n) is 7.54. The molecule has 0 radical (unpaired) electrons. The van der Waals surface area contributed by atoms with E-state index in [-0.39, 0.29) is 35.0 Å². The van der Waals surface area contributed by atoms with E-state index in [4.69, 9.17) is 10.5 Å². The molecule has 0 aliphatic rings. The van der Waals surface area contributed by atoms with E-state index in [0.29, 0.717) is 0 Å². The minimum atomic E-state index is -3.35. The number of hydrogen-bond donors (Lipinski definition) is 0. The van der Waals surface area contributed by atoms with Gasteiger partial charge in [-0.15, -0.1) is 5.46 Å². The molecule has 2 nitrogen and oxygen atoms in total. The van der Waals surface area contributed by atoms with Gasteiger partial charge in [0.1, 0.15) is 5.82 Å². The van der Waals surface area contributed by atoms with Crippen LogP contribution in [-0.2, 0) is 0 Å². The summed E-state index contributed by atoms with van der Waals surface area (Å²) in [7, 11) is 0. The van der Waals surface area contributed by atoms with Crippen molar-refractivity contribution in [3.8, 4) is 11.9 Å². The summed E-state index contributed by atoms with van der Waals surface area (Å²) in [6, 6.07) is 4.23. The van der Waals surface area contributed by atoms with Crippen molar-refractivity contribution in [2.45, 2.75) is 0 Å². The summed E-state index contributed by atoms with van der Waals surface area (Å²) in [6.45, 7) is 0. The third-order valence-electron chi connectivity index (χ3n) is 1.69. The molecule has 0 atom stereocenters. The Hall–Kier alpha value is -0.875. The number of nitriles is 2. The maximum Gasteiger partial charge on any atom is 1.00 e. The predicted octanol–water partition coefficient (Wildman–Crippen LogP) is -1.92. The second-order valence-electron chi connectivity index (χ2n) is 2.57. The fourth-order valence-electron chi connectivity index (χ4n) is 0.906. The molecule has 0 unspecified atom stereocenters. The van der Waals surface area contributed by atoms with E-state index in [1.807, 2.05) is 0 Å². The zero-order chi connectivity index (χ0) is 9.90. The van der Waals surface area contributed by atoms with Gasteiger partial charge in [-0.1, -0.05) is 24.1 Å². The van der Waals surface area contributed by atoms with Crippen LogP contribution >= 0.6 is 0 Å². The van der Waals surface area contributed by atoms with Gasteiger partial charge in [0.2, 0.25) is 0 Å². The fourth-order valence-corrected chi connectivity index (χ4v) is 0.906. The maximum absolute atomic E-state index is 13.3. The van der Waals surface area contributed by atoms with Crippen LogP contribution < -0.4 is 35.0 Å². The van der Waals surface area contributed by atoms with Gasteiger partial charge < -0.3 is 4.32 Å². The largest absolute Gasteiger partial charge is 1.00 e. The maximum atomic E-state index is 13.3. The molecule has 0 aliphatic carbocycles. The molecule has 0 amide bonds. The summed E-state index contributed by atoms with van der Waals surface area (Å²) in [6.07, 6.45) is -3.35. The second-order valence-corrected chi connectivity index (χ2v) is 2.57. The number of benzene rings is 1. The van der Waals surface area contributed by atoms with Crippen molar-refractivity contribution in [2.75, 3.05) is 0 Å². The smallest absolute Gasteiger partial charge is 0.476 e. The molecule has 0 saturated heterocycles. The minimum Gasteiger partial charge on any atom is -0.476 e. The molecule has 0 fully saturated rings. The number of rotatable bonds is 1. The predicted molar refractivity (Wildman–Crippen MR) is 44.1 cm³/mol. The second kappa shape index (κ2) is 5.12. The molecule has 14 heavy (non-hydrogen) atoms. The Kier molecular flexibility index (Phi) is 4.80.